The predicted octanol–water partition coefficient (Wildman–Crippen LogP) is 1.44. The maximum atomic E-state index is 12.2. The Labute approximate surface area is 112 Å². The summed E-state index contributed by atoms with van der Waals surface area (Å²) in [6, 6.07) is 7.25. The van der Waals surface area contributed by atoms with Crippen molar-refractivity contribution in [3.05, 3.63) is 50.1 Å². The lowest BCUT2D eigenvalue weighted by atomic mass is 10.2. The first kappa shape index (κ1) is 11.9. The Morgan fingerprint density at radius 1 is 1.11 bits per heavy atom. The lowest BCUT2D eigenvalue weighted by molar-refractivity contribution is 0.708. The Morgan fingerprint density at radius 2 is 1.79 bits per heavy atom. The summed E-state index contributed by atoms with van der Waals surface area (Å²) in [6.07, 6.45) is 0. The van der Waals surface area contributed by atoms with Gasteiger partial charge in [-0.05, 0) is 6.07 Å². The molecule has 0 aliphatic rings. The molecule has 0 aliphatic carbocycles. The van der Waals surface area contributed by atoms with E-state index in [9.17, 15) is 9.59 Å². The number of benzene rings is 1. The van der Waals surface area contributed by atoms with Gasteiger partial charge in [0.05, 0.1) is 10.5 Å². The molecule has 2 heterocycles. The van der Waals surface area contributed by atoms with Crippen molar-refractivity contribution in [1.29, 1.82) is 0 Å². The van der Waals surface area contributed by atoms with Crippen molar-refractivity contribution in [3.63, 3.8) is 0 Å². The van der Waals surface area contributed by atoms with Crippen molar-refractivity contribution in [2.45, 2.75) is 0 Å². The molecule has 0 aliphatic heterocycles. The molecule has 2 aromatic heterocycles. The Hall–Kier alpha value is -2.14. The monoisotopic (exact) mass is 275 g/mol. The van der Waals surface area contributed by atoms with Gasteiger partial charge in [0.1, 0.15) is 5.39 Å². The average Bonchev–Trinajstić information content (AvgIpc) is 2.43. The van der Waals surface area contributed by atoms with Gasteiger partial charge in [0.15, 0.2) is 5.65 Å². The smallest absolute Gasteiger partial charge is 0.280 e. The van der Waals surface area contributed by atoms with Crippen LogP contribution in [0.3, 0.4) is 0 Å². The third kappa shape index (κ3) is 1.51. The summed E-state index contributed by atoms with van der Waals surface area (Å²) in [4.78, 5) is 28.5. The first-order valence-corrected chi connectivity index (χ1v) is 6.04. The third-order valence-corrected chi connectivity index (χ3v) is 3.61. The zero-order chi connectivity index (χ0) is 13.7. The van der Waals surface area contributed by atoms with Crippen LogP contribution < -0.4 is 11.2 Å². The van der Waals surface area contributed by atoms with Crippen molar-refractivity contribution < 1.29 is 0 Å². The second-order valence-electron chi connectivity index (χ2n) is 4.35. The summed E-state index contributed by atoms with van der Waals surface area (Å²) in [5, 5.41) is 1.30. The first-order chi connectivity index (χ1) is 9.02. The van der Waals surface area contributed by atoms with E-state index in [2.05, 4.69) is 4.98 Å². The fraction of sp³-hybridized carbons (Fsp3) is 0.154. The molecule has 0 amide bonds. The van der Waals surface area contributed by atoms with Gasteiger partial charge in [-0.1, -0.05) is 29.8 Å². The molecule has 0 bridgehead atoms. The van der Waals surface area contributed by atoms with Gasteiger partial charge in [-0.15, -0.1) is 0 Å². The molecule has 0 spiro atoms. The van der Waals surface area contributed by atoms with Crippen LogP contribution in [0.2, 0.25) is 5.02 Å². The second kappa shape index (κ2) is 3.93. The number of nitrogens with zero attached hydrogens (tertiary/aromatic N) is 3. The van der Waals surface area contributed by atoms with Crippen molar-refractivity contribution >= 4 is 33.5 Å². The van der Waals surface area contributed by atoms with Crippen LogP contribution in [0.15, 0.2) is 33.9 Å². The number of fused-ring (bicyclic) bond motifs is 2. The van der Waals surface area contributed by atoms with Crippen molar-refractivity contribution in [3.8, 4) is 0 Å². The molecule has 0 atom stereocenters. The maximum Gasteiger partial charge on any atom is 0.332 e. The van der Waals surface area contributed by atoms with Crippen LogP contribution in [0.1, 0.15) is 0 Å². The van der Waals surface area contributed by atoms with Gasteiger partial charge in [0.2, 0.25) is 0 Å². The highest BCUT2D eigenvalue weighted by atomic mass is 35.5. The Kier molecular flexibility index (Phi) is 2.46. The topological polar surface area (TPSA) is 56.9 Å². The fourth-order valence-electron chi connectivity index (χ4n) is 2.16. The van der Waals surface area contributed by atoms with Gasteiger partial charge in [0, 0.05) is 19.5 Å². The van der Waals surface area contributed by atoms with Crippen LogP contribution in [-0.4, -0.2) is 14.1 Å². The number of hydrogen-bond donors (Lipinski definition) is 0. The van der Waals surface area contributed by atoms with E-state index in [1.807, 2.05) is 12.1 Å². The van der Waals surface area contributed by atoms with E-state index >= 15 is 0 Å². The molecule has 6 heteroatoms. The molecule has 0 saturated carbocycles. The van der Waals surface area contributed by atoms with E-state index in [0.717, 1.165) is 4.57 Å². The highest BCUT2D eigenvalue weighted by Gasteiger charge is 2.15. The molecule has 0 fully saturated rings. The molecule has 1 aromatic carbocycles. The summed E-state index contributed by atoms with van der Waals surface area (Å²) < 4.78 is 2.36. The van der Waals surface area contributed by atoms with Gasteiger partial charge in [-0.25, -0.2) is 9.78 Å². The molecular formula is C13H10ClN3O2. The molecule has 0 unspecified atom stereocenters. The molecule has 0 N–H and O–H groups in total. The highest BCUT2D eigenvalue weighted by molar-refractivity contribution is 6.40. The molecule has 96 valence electrons. The van der Waals surface area contributed by atoms with Gasteiger partial charge in [-0.2, -0.15) is 0 Å². The number of aromatic nitrogens is 3. The minimum absolute atomic E-state index is 0.268. The molecule has 3 rings (SSSR count). The van der Waals surface area contributed by atoms with E-state index in [0.29, 0.717) is 21.6 Å². The van der Waals surface area contributed by atoms with Crippen LogP contribution in [0, 0.1) is 0 Å². The number of para-hydroxylation sites is 1. The van der Waals surface area contributed by atoms with Crippen LogP contribution in [0.4, 0.5) is 0 Å². The maximum absolute atomic E-state index is 12.2. The minimum atomic E-state index is -0.429. The third-order valence-electron chi connectivity index (χ3n) is 3.22. The summed E-state index contributed by atoms with van der Waals surface area (Å²) in [5.74, 6) is 0. The Balaban J connectivity index is 2.75. The molecular weight excluding hydrogens is 266 g/mol. The normalized spacial score (nSPS) is 11.3. The van der Waals surface area contributed by atoms with Gasteiger partial charge in [-0.3, -0.25) is 13.9 Å². The standard InChI is InChI=1S/C13H10ClN3O2/c1-16-11-9(12(18)17(2)13(16)19)10(14)7-5-3-4-6-8(7)15-11/h3-6H,1-2H3. The largest absolute Gasteiger partial charge is 0.332 e. The summed E-state index contributed by atoms with van der Waals surface area (Å²) >= 11 is 6.31. The van der Waals surface area contributed by atoms with Gasteiger partial charge >= 0.3 is 5.69 Å². The van der Waals surface area contributed by atoms with Crippen molar-refractivity contribution in [2.75, 3.05) is 0 Å². The van der Waals surface area contributed by atoms with E-state index in [1.165, 1.54) is 11.6 Å². The highest BCUT2D eigenvalue weighted by Crippen LogP contribution is 2.27. The first-order valence-electron chi connectivity index (χ1n) is 5.66. The second-order valence-corrected chi connectivity index (χ2v) is 4.73. The van der Waals surface area contributed by atoms with E-state index in [1.54, 1.807) is 19.2 Å². The number of aryl methyl sites for hydroxylation is 1. The Morgan fingerprint density at radius 3 is 2.53 bits per heavy atom. The summed E-state index contributed by atoms with van der Waals surface area (Å²) in [5.41, 5.74) is 0.109. The van der Waals surface area contributed by atoms with Crippen LogP contribution in [0.5, 0.6) is 0 Å². The van der Waals surface area contributed by atoms with Crippen LogP contribution in [0.25, 0.3) is 21.9 Å². The molecule has 3 aromatic rings. The molecule has 0 saturated heterocycles. The number of halogens is 1. The zero-order valence-electron chi connectivity index (χ0n) is 10.3. The number of rotatable bonds is 0. The SMILES string of the molecule is Cn1c(=O)c2c(Cl)c3ccccc3nc2n(C)c1=O. The van der Waals surface area contributed by atoms with Crippen molar-refractivity contribution in [2.24, 2.45) is 14.1 Å². The molecule has 0 radical (unpaired) electrons. The van der Waals surface area contributed by atoms with E-state index in [-0.39, 0.29) is 5.39 Å². The lowest BCUT2D eigenvalue weighted by Gasteiger charge is -2.09. The number of hydrogen-bond acceptors (Lipinski definition) is 3. The van der Waals surface area contributed by atoms with E-state index in [4.69, 9.17) is 11.6 Å². The zero-order valence-corrected chi connectivity index (χ0v) is 11.1. The minimum Gasteiger partial charge on any atom is -0.280 e. The lowest BCUT2D eigenvalue weighted by Crippen LogP contribution is -2.37. The van der Waals surface area contributed by atoms with Crippen LogP contribution in [-0.2, 0) is 14.1 Å². The summed E-state index contributed by atoms with van der Waals surface area (Å²) in [6.45, 7) is 0. The van der Waals surface area contributed by atoms with Gasteiger partial charge < -0.3 is 0 Å². The Bertz CT molecular complexity index is 940. The average molecular weight is 276 g/mol. The summed E-state index contributed by atoms with van der Waals surface area (Å²) in [7, 11) is 3.00. The molecule has 5 nitrogen and oxygen atoms in total. The van der Waals surface area contributed by atoms with Crippen LogP contribution >= 0.6 is 11.6 Å². The predicted molar refractivity (Wildman–Crippen MR) is 74.7 cm³/mol. The quantitative estimate of drug-likeness (QED) is 0.583. The molecule has 19 heavy (non-hydrogen) atoms. The van der Waals surface area contributed by atoms with E-state index < -0.39 is 11.2 Å². The van der Waals surface area contributed by atoms with Gasteiger partial charge in [0.25, 0.3) is 5.56 Å². The van der Waals surface area contributed by atoms with Crippen molar-refractivity contribution in [1.82, 2.24) is 14.1 Å². The number of pyridine rings is 1. The fourth-order valence-corrected chi connectivity index (χ4v) is 2.49.